The Kier molecular flexibility index (Phi) is 4.85. The van der Waals surface area contributed by atoms with Gasteiger partial charge in [-0.25, -0.2) is 4.98 Å². The molecule has 1 aromatic heterocycles. The van der Waals surface area contributed by atoms with Crippen LogP contribution < -0.4 is 5.73 Å². The maximum absolute atomic E-state index is 6.23. The Morgan fingerprint density at radius 1 is 1.40 bits per heavy atom. The van der Waals surface area contributed by atoms with E-state index in [0.29, 0.717) is 16.4 Å². The number of anilines is 1. The minimum Gasteiger partial charge on any atom is -0.395 e. The van der Waals surface area contributed by atoms with Crippen LogP contribution in [-0.4, -0.2) is 24.6 Å². The van der Waals surface area contributed by atoms with Crippen molar-refractivity contribution in [2.24, 2.45) is 0 Å². The lowest BCUT2D eigenvalue weighted by Crippen LogP contribution is -2.16. The van der Waals surface area contributed by atoms with Gasteiger partial charge in [-0.05, 0) is 23.8 Å². The fourth-order valence-electron chi connectivity index (χ4n) is 1.79. The van der Waals surface area contributed by atoms with Crippen molar-refractivity contribution in [1.82, 2.24) is 4.98 Å². The maximum atomic E-state index is 6.23. The first kappa shape index (κ1) is 15.5. The van der Waals surface area contributed by atoms with Gasteiger partial charge in [0.15, 0.2) is 0 Å². The number of pyridine rings is 1. The summed E-state index contributed by atoms with van der Waals surface area (Å²) >= 11 is 8.17. The largest absolute Gasteiger partial charge is 0.395 e. The summed E-state index contributed by atoms with van der Waals surface area (Å²) < 4.78 is 0. The van der Waals surface area contributed by atoms with Gasteiger partial charge in [-0.3, -0.25) is 0 Å². The van der Waals surface area contributed by atoms with E-state index in [-0.39, 0.29) is 0 Å². The molecule has 0 saturated heterocycles. The summed E-state index contributed by atoms with van der Waals surface area (Å²) in [6.45, 7) is 6.59. The Morgan fingerprint density at radius 3 is 2.75 bits per heavy atom. The van der Waals surface area contributed by atoms with E-state index in [4.69, 9.17) is 17.3 Å². The molecule has 2 rings (SSSR count). The molecule has 1 aliphatic rings. The van der Waals surface area contributed by atoms with Crippen molar-refractivity contribution < 1.29 is 0 Å². The molecule has 0 aromatic carbocycles. The predicted molar refractivity (Wildman–Crippen MR) is 93.8 cm³/mol. The third kappa shape index (κ3) is 4.05. The minimum atomic E-state index is -1.45. The SMILES string of the molecule is C[Si](C)(C)C#Cc1nc(C2=CCSCC2)cc(Cl)c1N. The van der Waals surface area contributed by atoms with E-state index in [0.717, 1.165) is 23.6 Å². The highest BCUT2D eigenvalue weighted by atomic mass is 35.5. The summed E-state index contributed by atoms with van der Waals surface area (Å²) in [5.74, 6) is 5.30. The monoisotopic (exact) mass is 322 g/mol. The summed E-state index contributed by atoms with van der Waals surface area (Å²) in [5, 5.41) is 0.550. The highest BCUT2D eigenvalue weighted by molar-refractivity contribution is 7.99. The molecule has 2 nitrogen and oxygen atoms in total. The molecule has 2 heterocycles. The second-order valence-electron chi connectivity index (χ2n) is 5.81. The summed E-state index contributed by atoms with van der Waals surface area (Å²) in [6.07, 6.45) is 3.25. The van der Waals surface area contributed by atoms with E-state index < -0.39 is 8.07 Å². The number of hydrogen-bond acceptors (Lipinski definition) is 3. The number of halogens is 1. The van der Waals surface area contributed by atoms with Gasteiger partial charge in [0, 0.05) is 5.75 Å². The summed E-state index contributed by atoms with van der Waals surface area (Å²) in [6, 6.07) is 1.86. The fraction of sp³-hybridized carbons (Fsp3) is 0.400. The Balaban J connectivity index is 2.44. The molecule has 0 unspecified atom stereocenters. The van der Waals surface area contributed by atoms with E-state index in [1.165, 1.54) is 5.57 Å². The van der Waals surface area contributed by atoms with E-state index in [2.05, 4.69) is 42.2 Å². The molecule has 0 atom stereocenters. The van der Waals surface area contributed by atoms with E-state index in [9.17, 15) is 0 Å². The summed E-state index contributed by atoms with van der Waals surface area (Å²) in [7, 11) is -1.45. The van der Waals surface area contributed by atoms with Crippen molar-refractivity contribution in [3.63, 3.8) is 0 Å². The van der Waals surface area contributed by atoms with Gasteiger partial charge in [0.1, 0.15) is 13.8 Å². The second kappa shape index (κ2) is 6.25. The predicted octanol–water partition coefficient (Wildman–Crippen LogP) is 4.07. The average Bonchev–Trinajstić information content (AvgIpc) is 2.40. The summed E-state index contributed by atoms with van der Waals surface area (Å²) in [4.78, 5) is 4.62. The molecule has 1 aliphatic heterocycles. The molecule has 106 valence electrons. The Labute approximate surface area is 131 Å². The van der Waals surface area contributed by atoms with Crippen molar-refractivity contribution in [3.8, 4) is 11.5 Å². The zero-order valence-corrected chi connectivity index (χ0v) is 14.7. The van der Waals surface area contributed by atoms with Crippen LogP contribution in [-0.2, 0) is 0 Å². The second-order valence-corrected chi connectivity index (χ2v) is 12.1. The van der Waals surface area contributed by atoms with Crippen LogP contribution in [0.2, 0.25) is 24.7 Å². The quantitative estimate of drug-likeness (QED) is 0.626. The third-order valence-electron chi connectivity index (χ3n) is 2.86. The number of nitrogen functional groups attached to an aromatic ring is 1. The zero-order chi connectivity index (χ0) is 14.8. The molecule has 0 spiro atoms. The zero-order valence-electron chi connectivity index (χ0n) is 12.1. The molecule has 0 fully saturated rings. The van der Waals surface area contributed by atoms with Crippen LogP contribution in [0.1, 0.15) is 17.8 Å². The van der Waals surface area contributed by atoms with E-state index in [1.807, 2.05) is 17.8 Å². The number of allylic oxidation sites excluding steroid dienone is 1. The molecule has 5 heteroatoms. The van der Waals surface area contributed by atoms with Gasteiger partial charge in [0.05, 0.1) is 16.4 Å². The molecule has 2 N–H and O–H groups in total. The number of nitrogens with two attached hydrogens (primary N) is 1. The van der Waals surface area contributed by atoms with Crippen molar-refractivity contribution in [2.75, 3.05) is 17.2 Å². The molecular formula is C15H19ClN2SSi. The molecule has 0 bridgehead atoms. The van der Waals surface area contributed by atoms with Crippen LogP contribution in [0.3, 0.4) is 0 Å². The first-order valence-corrected chi connectivity index (χ1v) is 11.7. The average molecular weight is 323 g/mol. The Morgan fingerprint density at radius 2 is 2.15 bits per heavy atom. The van der Waals surface area contributed by atoms with Gasteiger partial charge in [-0.2, -0.15) is 11.8 Å². The lowest BCUT2D eigenvalue weighted by atomic mass is 10.1. The molecule has 0 saturated carbocycles. The molecule has 0 radical (unpaired) electrons. The third-order valence-corrected chi connectivity index (χ3v) is 4.94. The van der Waals surface area contributed by atoms with Crippen LogP contribution in [0.15, 0.2) is 12.1 Å². The van der Waals surface area contributed by atoms with Crippen LogP contribution in [0, 0.1) is 11.5 Å². The van der Waals surface area contributed by atoms with Crippen molar-refractivity contribution in [3.05, 3.63) is 28.6 Å². The number of rotatable bonds is 1. The number of aromatic nitrogens is 1. The van der Waals surface area contributed by atoms with Crippen molar-refractivity contribution >= 4 is 42.7 Å². The molecule has 20 heavy (non-hydrogen) atoms. The molecular weight excluding hydrogens is 304 g/mol. The number of nitrogens with zero attached hydrogens (tertiary/aromatic N) is 1. The van der Waals surface area contributed by atoms with Gasteiger partial charge in [0.25, 0.3) is 0 Å². The van der Waals surface area contributed by atoms with E-state index >= 15 is 0 Å². The first-order valence-electron chi connectivity index (χ1n) is 6.63. The Bertz CT molecular complexity index is 609. The molecule has 0 aliphatic carbocycles. The van der Waals surface area contributed by atoms with Crippen LogP contribution in [0.5, 0.6) is 0 Å². The van der Waals surface area contributed by atoms with Gasteiger partial charge < -0.3 is 5.73 Å². The highest BCUT2D eigenvalue weighted by Gasteiger charge is 2.13. The van der Waals surface area contributed by atoms with Gasteiger partial charge in [-0.15, -0.1) is 5.54 Å². The number of thioether (sulfide) groups is 1. The smallest absolute Gasteiger partial charge is 0.137 e. The highest BCUT2D eigenvalue weighted by Crippen LogP contribution is 2.29. The lowest BCUT2D eigenvalue weighted by Gasteiger charge is -2.13. The Hall–Kier alpha value is -0.893. The standard InChI is InChI=1S/C15H19ClN2SSi/c1-20(2,3)9-6-13-15(17)12(16)10-14(18-13)11-4-7-19-8-5-11/h4,10H,5,7-8,17H2,1-3H3. The van der Waals surface area contributed by atoms with Crippen molar-refractivity contribution in [2.45, 2.75) is 26.1 Å². The van der Waals surface area contributed by atoms with Gasteiger partial charge in [0.2, 0.25) is 0 Å². The molecule has 0 amide bonds. The first-order chi connectivity index (χ1) is 9.37. The molecule has 1 aromatic rings. The van der Waals surface area contributed by atoms with Crippen LogP contribution in [0.4, 0.5) is 5.69 Å². The van der Waals surface area contributed by atoms with Gasteiger partial charge in [-0.1, -0.05) is 43.2 Å². The summed E-state index contributed by atoms with van der Waals surface area (Å²) in [5.41, 5.74) is 12.6. The normalized spacial score (nSPS) is 15.3. The topological polar surface area (TPSA) is 38.9 Å². The van der Waals surface area contributed by atoms with E-state index in [1.54, 1.807) is 0 Å². The van der Waals surface area contributed by atoms with Crippen LogP contribution >= 0.6 is 23.4 Å². The number of hydrogen-bond donors (Lipinski definition) is 1. The van der Waals surface area contributed by atoms with Crippen LogP contribution in [0.25, 0.3) is 5.57 Å². The lowest BCUT2D eigenvalue weighted by molar-refractivity contribution is 1.16. The van der Waals surface area contributed by atoms with Gasteiger partial charge >= 0.3 is 0 Å². The minimum absolute atomic E-state index is 0.493. The van der Waals surface area contributed by atoms with Crippen molar-refractivity contribution in [1.29, 1.82) is 0 Å². The fourth-order valence-corrected chi connectivity index (χ4v) is 3.33. The maximum Gasteiger partial charge on any atom is 0.137 e.